The average molecular weight is 373 g/mol. The van der Waals surface area contributed by atoms with Gasteiger partial charge in [-0.1, -0.05) is 12.1 Å². The van der Waals surface area contributed by atoms with Crippen LogP contribution in [0.5, 0.6) is 0 Å². The molecule has 1 N–H and O–H groups in total. The maximum Gasteiger partial charge on any atom is 0.413 e. The third kappa shape index (κ3) is 3.91. The molecule has 0 atom stereocenters. The molecule has 7 nitrogen and oxygen atoms in total. The van der Waals surface area contributed by atoms with Crippen molar-refractivity contribution in [3.8, 4) is 0 Å². The van der Waals surface area contributed by atoms with Crippen LogP contribution in [-0.4, -0.2) is 39.9 Å². The number of benzene rings is 1. The van der Waals surface area contributed by atoms with Gasteiger partial charge in [-0.25, -0.2) is 9.78 Å². The fraction of sp³-hybridized carbons (Fsp3) is 0.333. The zero-order valence-corrected chi connectivity index (χ0v) is 15.6. The van der Waals surface area contributed by atoms with Crippen molar-refractivity contribution < 1.29 is 19.1 Å². The number of aromatic nitrogens is 1. The van der Waals surface area contributed by atoms with Crippen LogP contribution in [0.1, 0.15) is 46.4 Å². The Morgan fingerprint density at radius 3 is 2.38 bits per heavy atom. The largest absolute Gasteiger partial charge is 0.444 e. The number of rotatable bonds is 4. The summed E-state index contributed by atoms with van der Waals surface area (Å²) in [4.78, 5) is 42.6. The van der Waals surface area contributed by atoms with E-state index in [4.69, 9.17) is 4.74 Å². The van der Waals surface area contributed by atoms with E-state index in [1.807, 2.05) is 0 Å². The SMILES string of the molecule is CC(C)(C)OC(=O)Nc1ncc(CCN2C(=O)c3ccccc3C2=O)s1. The summed E-state index contributed by atoms with van der Waals surface area (Å²) in [5, 5.41) is 2.99. The molecule has 8 heteroatoms. The highest BCUT2D eigenvalue weighted by atomic mass is 32.1. The molecule has 1 aliphatic rings. The number of carbonyl (C=O) groups is 3. The lowest BCUT2D eigenvalue weighted by atomic mass is 10.1. The van der Waals surface area contributed by atoms with E-state index in [0.717, 1.165) is 4.88 Å². The first kappa shape index (κ1) is 18.1. The second-order valence-corrected chi connectivity index (χ2v) is 7.93. The van der Waals surface area contributed by atoms with Crippen LogP contribution in [0.2, 0.25) is 0 Å². The Hall–Kier alpha value is -2.74. The van der Waals surface area contributed by atoms with Gasteiger partial charge in [0.2, 0.25) is 0 Å². The minimum Gasteiger partial charge on any atom is -0.444 e. The molecule has 0 spiro atoms. The Kier molecular flexibility index (Phi) is 4.78. The summed E-state index contributed by atoms with van der Waals surface area (Å²) in [5.41, 5.74) is 0.290. The van der Waals surface area contributed by atoms with Gasteiger partial charge in [-0.2, -0.15) is 0 Å². The molecular formula is C18H19N3O4S. The quantitative estimate of drug-likeness (QED) is 0.831. The predicted molar refractivity (Wildman–Crippen MR) is 97.5 cm³/mol. The highest BCUT2D eigenvalue weighted by Crippen LogP contribution is 2.24. The van der Waals surface area contributed by atoms with E-state index < -0.39 is 11.7 Å². The molecule has 3 rings (SSSR count). The third-order valence-corrected chi connectivity index (χ3v) is 4.59. The third-order valence-electron chi connectivity index (χ3n) is 3.62. The van der Waals surface area contributed by atoms with Crippen molar-refractivity contribution in [3.05, 3.63) is 46.5 Å². The van der Waals surface area contributed by atoms with Gasteiger partial charge >= 0.3 is 6.09 Å². The minimum atomic E-state index is -0.588. The number of thiazole rings is 1. The fourth-order valence-corrected chi connectivity index (χ4v) is 3.32. The van der Waals surface area contributed by atoms with Gasteiger partial charge in [-0.05, 0) is 32.9 Å². The minimum absolute atomic E-state index is 0.264. The summed E-state index contributed by atoms with van der Waals surface area (Å²) in [7, 11) is 0. The molecule has 0 bridgehead atoms. The number of nitrogens with zero attached hydrogens (tertiary/aromatic N) is 2. The predicted octanol–water partition coefficient (Wildman–Crippen LogP) is 3.33. The van der Waals surface area contributed by atoms with Crippen molar-refractivity contribution in [2.24, 2.45) is 0 Å². The van der Waals surface area contributed by atoms with Crippen LogP contribution in [0.25, 0.3) is 0 Å². The number of hydrogen-bond acceptors (Lipinski definition) is 6. The molecule has 0 saturated heterocycles. The summed E-state index contributed by atoms with van der Waals surface area (Å²) >= 11 is 1.28. The van der Waals surface area contributed by atoms with Crippen LogP contribution in [0.4, 0.5) is 9.93 Å². The molecule has 1 aliphatic heterocycles. The molecule has 0 radical (unpaired) electrons. The molecule has 2 heterocycles. The maximum absolute atomic E-state index is 12.3. The maximum atomic E-state index is 12.3. The molecule has 3 amide bonds. The van der Waals surface area contributed by atoms with E-state index in [0.29, 0.717) is 22.7 Å². The molecule has 0 unspecified atom stereocenters. The summed E-state index contributed by atoms with van der Waals surface area (Å²) in [6.07, 6.45) is 1.52. The van der Waals surface area contributed by atoms with Crippen molar-refractivity contribution in [1.29, 1.82) is 0 Å². The van der Waals surface area contributed by atoms with Gasteiger partial charge in [0.1, 0.15) is 5.60 Å². The summed E-state index contributed by atoms with van der Waals surface area (Å²) in [6, 6.07) is 6.80. The number of nitrogens with one attached hydrogen (secondary N) is 1. The lowest BCUT2D eigenvalue weighted by molar-refractivity contribution is 0.0629. The smallest absolute Gasteiger partial charge is 0.413 e. The first-order valence-corrected chi connectivity index (χ1v) is 8.96. The Morgan fingerprint density at radius 1 is 1.19 bits per heavy atom. The van der Waals surface area contributed by atoms with E-state index in [9.17, 15) is 14.4 Å². The number of amides is 3. The Morgan fingerprint density at radius 2 is 1.81 bits per heavy atom. The molecule has 0 fully saturated rings. The van der Waals surface area contributed by atoms with Crippen LogP contribution in [0, 0.1) is 0 Å². The number of fused-ring (bicyclic) bond motifs is 1. The normalized spacial score (nSPS) is 13.7. The van der Waals surface area contributed by atoms with Crippen LogP contribution in [-0.2, 0) is 11.2 Å². The standard InChI is InChI=1S/C18H19N3O4S/c1-18(2,3)25-17(24)20-16-19-10-11(26-16)8-9-21-14(22)12-6-4-5-7-13(12)15(21)23/h4-7,10H,8-9H2,1-3H3,(H,19,20,24). The number of carbonyl (C=O) groups excluding carboxylic acids is 3. The monoisotopic (exact) mass is 373 g/mol. The molecule has 0 aliphatic carbocycles. The Bertz CT molecular complexity index is 834. The van der Waals surface area contributed by atoms with E-state index in [2.05, 4.69) is 10.3 Å². The summed E-state index contributed by atoms with van der Waals surface area (Å²) in [5.74, 6) is -0.551. The number of ether oxygens (including phenoxy) is 1. The lowest BCUT2D eigenvalue weighted by Gasteiger charge is -2.18. The van der Waals surface area contributed by atoms with Gasteiger partial charge in [0.05, 0.1) is 11.1 Å². The molecule has 0 saturated carbocycles. The first-order chi connectivity index (χ1) is 12.2. The number of anilines is 1. The fourth-order valence-electron chi connectivity index (χ4n) is 2.54. The van der Waals surface area contributed by atoms with E-state index >= 15 is 0 Å². The average Bonchev–Trinajstić information content (AvgIpc) is 3.08. The first-order valence-electron chi connectivity index (χ1n) is 8.14. The lowest BCUT2D eigenvalue weighted by Crippen LogP contribution is -2.31. The highest BCUT2D eigenvalue weighted by molar-refractivity contribution is 7.15. The van der Waals surface area contributed by atoms with Gasteiger partial charge in [0.15, 0.2) is 5.13 Å². The van der Waals surface area contributed by atoms with Crippen molar-refractivity contribution >= 4 is 34.4 Å². The van der Waals surface area contributed by atoms with Crippen LogP contribution in [0.3, 0.4) is 0 Å². The molecular weight excluding hydrogens is 354 g/mol. The summed E-state index contributed by atoms with van der Waals surface area (Å²) < 4.78 is 5.18. The van der Waals surface area contributed by atoms with Crippen molar-refractivity contribution in [3.63, 3.8) is 0 Å². The van der Waals surface area contributed by atoms with Gasteiger partial charge in [-0.15, -0.1) is 11.3 Å². The van der Waals surface area contributed by atoms with Crippen LogP contribution >= 0.6 is 11.3 Å². The topological polar surface area (TPSA) is 88.6 Å². The van der Waals surface area contributed by atoms with Crippen LogP contribution in [0.15, 0.2) is 30.5 Å². The Balaban J connectivity index is 1.58. The van der Waals surface area contributed by atoms with Gasteiger partial charge in [0.25, 0.3) is 11.8 Å². The van der Waals surface area contributed by atoms with Gasteiger partial charge in [-0.3, -0.25) is 19.8 Å². The van der Waals surface area contributed by atoms with E-state index in [1.54, 1.807) is 51.2 Å². The van der Waals surface area contributed by atoms with E-state index in [1.165, 1.54) is 16.2 Å². The molecule has 1 aromatic heterocycles. The van der Waals surface area contributed by atoms with Gasteiger partial charge in [0, 0.05) is 24.0 Å². The van der Waals surface area contributed by atoms with Crippen molar-refractivity contribution in [2.75, 3.05) is 11.9 Å². The second-order valence-electron chi connectivity index (χ2n) is 6.82. The zero-order chi connectivity index (χ0) is 18.9. The molecule has 26 heavy (non-hydrogen) atoms. The molecule has 136 valence electrons. The van der Waals surface area contributed by atoms with Crippen molar-refractivity contribution in [2.45, 2.75) is 32.8 Å². The van der Waals surface area contributed by atoms with Crippen molar-refractivity contribution in [1.82, 2.24) is 9.88 Å². The Labute approximate surface area is 155 Å². The molecule has 1 aromatic carbocycles. The number of imide groups is 1. The van der Waals surface area contributed by atoms with Crippen LogP contribution < -0.4 is 5.32 Å². The zero-order valence-electron chi connectivity index (χ0n) is 14.7. The molecule has 2 aromatic rings. The number of hydrogen-bond donors (Lipinski definition) is 1. The highest BCUT2D eigenvalue weighted by Gasteiger charge is 2.34. The second kappa shape index (κ2) is 6.87. The summed E-state index contributed by atoms with van der Waals surface area (Å²) in [6.45, 7) is 5.60. The van der Waals surface area contributed by atoms with E-state index in [-0.39, 0.29) is 18.4 Å². The van der Waals surface area contributed by atoms with Gasteiger partial charge < -0.3 is 4.74 Å².